The number of nitrogens with one attached hydrogen (secondary N) is 1. The lowest BCUT2D eigenvalue weighted by Crippen LogP contribution is -2.11. The Hall–Kier alpha value is -2.67. The van der Waals surface area contributed by atoms with E-state index in [0.29, 0.717) is 17.0 Å². The van der Waals surface area contributed by atoms with Crippen LogP contribution < -0.4 is 5.32 Å². The maximum atomic E-state index is 12.2. The fourth-order valence-electron chi connectivity index (χ4n) is 1.92. The molecule has 0 saturated heterocycles. The molecule has 0 atom stereocenters. The van der Waals surface area contributed by atoms with E-state index in [9.17, 15) is 4.79 Å². The van der Waals surface area contributed by atoms with Gasteiger partial charge in [0.1, 0.15) is 0 Å². The molecule has 116 valence electrons. The van der Waals surface area contributed by atoms with Crippen LogP contribution in [0.4, 0.5) is 6.01 Å². The SMILES string of the molecule is CCSc1ccc(C(=O)Nc2nnc(-c3cccnc3)o2)cc1. The highest BCUT2D eigenvalue weighted by molar-refractivity contribution is 7.99. The van der Waals surface area contributed by atoms with Crippen LogP contribution in [0.5, 0.6) is 0 Å². The Morgan fingerprint density at radius 3 is 2.74 bits per heavy atom. The number of hydrogen-bond donors (Lipinski definition) is 1. The third-order valence-electron chi connectivity index (χ3n) is 2.98. The predicted octanol–water partition coefficient (Wildman–Crippen LogP) is 3.50. The van der Waals surface area contributed by atoms with Crippen molar-refractivity contribution >= 4 is 23.7 Å². The molecule has 0 fully saturated rings. The Morgan fingerprint density at radius 1 is 1.22 bits per heavy atom. The zero-order chi connectivity index (χ0) is 16.1. The summed E-state index contributed by atoms with van der Waals surface area (Å²) in [5.74, 6) is 1.01. The largest absolute Gasteiger partial charge is 0.403 e. The number of thioether (sulfide) groups is 1. The van der Waals surface area contributed by atoms with Crippen molar-refractivity contribution in [3.63, 3.8) is 0 Å². The van der Waals surface area contributed by atoms with Crippen molar-refractivity contribution in [2.45, 2.75) is 11.8 Å². The average Bonchev–Trinajstić information content (AvgIpc) is 3.05. The van der Waals surface area contributed by atoms with Crippen molar-refractivity contribution < 1.29 is 9.21 Å². The Balaban J connectivity index is 1.69. The van der Waals surface area contributed by atoms with Crippen LogP contribution in [-0.2, 0) is 0 Å². The standard InChI is InChI=1S/C16H14N4O2S/c1-2-23-13-7-5-11(6-8-13)14(21)18-16-20-19-15(22-16)12-4-3-9-17-10-12/h3-10H,2H2,1H3,(H,18,20,21). The lowest BCUT2D eigenvalue weighted by Gasteiger charge is -2.02. The molecule has 0 aliphatic rings. The van der Waals surface area contributed by atoms with E-state index in [1.807, 2.05) is 12.1 Å². The third-order valence-corrected chi connectivity index (χ3v) is 3.88. The number of carbonyl (C=O) groups excluding carboxylic acids is 1. The fraction of sp³-hybridized carbons (Fsp3) is 0.125. The highest BCUT2D eigenvalue weighted by atomic mass is 32.2. The summed E-state index contributed by atoms with van der Waals surface area (Å²) in [5, 5.41) is 10.3. The minimum absolute atomic E-state index is 0.0564. The van der Waals surface area contributed by atoms with Crippen LogP contribution in [0.2, 0.25) is 0 Å². The summed E-state index contributed by atoms with van der Waals surface area (Å²) < 4.78 is 5.43. The monoisotopic (exact) mass is 326 g/mol. The minimum Gasteiger partial charge on any atom is -0.403 e. The number of benzene rings is 1. The molecule has 7 heteroatoms. The van der Waals surface area contributed by atoms with Crippen molar-refractivity contribution in [1.82, 2.24) is 15.2 Å². The summed E-state index contributed by atoms with van der Waals surface area (Å²) in [4.78, 5) is 17.3. The van der Waals surface area contributed by atoms with Crippen LogP contribution in [0, 0.1) is 0 Å². The van der Waals surface area contributed by atoms with E-state index >= 15 is 0 Å². The number of anilines is 1. The zero-order valence-corrected chi connectivity index (χ0v) is 13.2. The van der Waals surface area contributed by atoms with E-state index in [2.05, 4.69) is 27.4 Å². The first-order chi connectivity index (χ1) is 11.3. The van der Waals surface area contributed by atoms with Gasteiger partial charge in [-0.15, -0.1) is 16.9 Å². The van der Waals surface area contributed by atoms with Gasteiger partial charge in [-0.1, -0.05) is 12.0 Å². The summed E-state index contributed by atoms with van der Waals surface area (Å²) in [6, 6.07) is 11.0. The van der Waals surface area contributed by atoms with Gasteiger partial charge in [-0.2, -0.15) is 0 Å². The van der Waals surface area contributed by atoms with Crippen LogP contribution in [0.25, 0.3) is 11.5 Å². The molecular formula is C16H14N4O2S. The van der Waals surface area contributed by atoms with Gasteiger partial charge in [0.15, 0.2) is 0 Å². The van der Waals surface area contributed by atoms with Crippen LogP contribution in [-0.4, -0.2) is 26.8 Å². The number of nitrogens with zero attached hydrogens (tertiary/aromatic N) is 3. The van der Waals surface area contributed by atoms with E-state index in [-0.39, 0.29) is 11.9 Å². The highest BCUT2D eigenvalue weighted by Crippen LogP contribution is 2.20. The second-order valence-corrected chi connectivity index (χ2v) is 5.90. The summed E-state index contributed by atoms with van der Waals surface area (Å²) in [7, 11) is 0. The first-order valence-corrected chi connectivity index (χ1v) is 8.03. The molecule has 0 bridgehead atoms. The first-order valence-electron chi connectivity index (χ1n) is 7.04. The molecule has 0 unspecified atom stereocenters. The van der Waals surface area contributed by atoms with Crippen molar-refractivity contribution in [2.75, 3.05) is 11.1 Å². The summed E-state index contributed by atoms with van der Waals surface area (Å²) in [6.45, 7) is 2.08. The van der Waals surface area contributed by atoms with Gasteiger partial charge in [0.2, 0.25) is 0 Å². The zero-order valence-electron chi connectivity index (χ0n) is 12.4. The van der Waals surface area contributed by atoms with Crippen LogP contribution in [0.3, 0.4) is 0 Å². The van der Waals surface area contributed by atoms with E-state index in [1.165, 1.54) is 0 Å². The number of carbonyl (C=O) groups is 1. The van der Waals surface area contributed by atoms with Gasteiger partial charge in [0, 0.05) is 22.9 Å². The number of amides is 1. The van der Waals surface area contributed by atoms with Gasteiger partial charge in [0.25, 0.3) is 11.8 Å². The van der Waals surface area contributed by atoms with Gasteiger partial charge in [0.05, 0.1) is 5.56 Å². The second kappa shape index (κ2) is 7.06. The number of pyridine rings is 1. The van der Waals surface area contributed by atoms with Gasteiger partial charge in [-0.25, -0.2) is 0 Å². The maximum Gasteiger partial charge on any atom is 0.322 e. The molecular weight excluding hydrogens is 312 g/mol. The predicted molar refractivity (Wildman–Crippen MR) is 88.3 cm³/mol. The van der Waals surface area contributed by atoms with Crippen LogP contribution >= 0.6 is 11.8 Å². The van der Waals surface area contributed by atoms with Crippen LogP contribution in [0.15, 0.2) is 58.1 Å². The molecule has 0 spiro atoms. The summed E-state index contributed by atoms with van der Waals surface area (Å²) in [6.07, 6.45) is 3.27. The van der Waals surface area contributed by atoms with Gasteiger partial charge < -0.3 is 4.42 Å². The minimum atomic E-state index is -0.292. The van der Waals surface area contributed by atoms with E-state index in [0.717, 1.165) is 10.6 Å². The highest BCUT2D eigenvalue weighted by Gasteiger charge is 2.12. The molecule has 3 aromatic rings. The first kappa shape index (κ1) is 15.2. The lowest BCUT2D eigenvalue weighted by molar-refractivity contribution is 0.102. The lowest BCUT2D eigenvalue weighted by atomic mass is 10.2. The number of aromatic nitrogens is 3. The van der Waals surface area contributed by atoms with Gasteiger partial charge in [-0.3, -0.25) is 15.1 Å². The maximum absolute atomic E-state index is 12.2. The molecule has 1 aromatic carbocycles. The van der Waals surface area contributed by atoms with Gasteiger partial charge >= 0.3 is 6.01 Å². The Kier molecular flexibility index (Phi) is 4.68. The molecule has 0 aliphatic heterocycles. The van der Waals surface area contributed by atoms with Crippen molar-refractivity contribution in [3.05, 3.63) is 54.4 Å². The molecule has 23 heavy (non-hydrogen) atoms. The smallest absolute Gasteiger partial charge is 0.322 e. The van der Waals surface area contributed by atoms with Crippen molar-refractivity contribution in [3.8, 4) is 11.5 Å². The normalized spacial score (nSPS) is 10.5. The Labute approximate surface area is 137 Å². The molecule has 1 N–H and O–H groups in total. The molecule has 0 radical (unpaired) electrons. The topological polar surface area (TPSA) is 80.9 Å². The Bertz CT molecular complexity index is 787. The molecule has 2 heterocycles. The van der Waals surface area contributed by atoms with E-state index in [1.54, 1.807) is 48.4 Å². The second-order valence-electron chi connectivity index (χ2n) is 4.57. The van der Waals surface area contributed by atoms with Gasteiger partial charge in [-0.05, 0) is 42.2 Å². The third kappa shape index (κ3) is 3.75. The van der Waals surface area contributed by atoms with Crippen molar-refractivity contribution in [2.24, 2.45) is 0 Å². The summed E-state index contributed by atoms with van der Waals surface area (Å²) in [5.41, 5.74) is 1.23. The quantitative estimate of drug-likeness (QED) is 0.723. The van der Waals surface area contributed by atoms with E-state index < -0.39 is 0 Å². The van der Waals surface area contributed by atoms with Crippen LogP contribution in [0.1, 0.15) is 17.3 Å². The molecule has 0 aliphatic carbocycles. The van der Waals surface area contributed by atoms with E-state index in [4.69, 9.17) is 4.42 Å². The molecule has 6 nitrogen and oxygen atoms in total. The number of rotatable bonds is 5. The Morgan fingerprint density at radius 2 is 2.04 bits per heavy atom. The fourth-order valence-corrected chi connectivity index (χ4v) is 2.58. The molecule has 2 aromatic heterocycles. The van der Waals surface area contributed by atoms with Crippen molar-refractivity contribution in [1.29, 1.82) is 0 Å². The number of hydrogen-bond acceptors (Lipinski definition) is 6. The summed E-state index contributed by atoms with van der Waals surface area (Å²) >= 11 is 1.72. The molecule has 1 amide bonds. The molecule has 0 saturated carbocycles. The average molecular weight is 326 g/mol. The molecule has 3 rings (SSSR count).